The van der Waals surface area contributed by atoms with Crippen molar-refractivity contribution in [3.05, 3.63) is 35.4 Å². The third kappa shape index (κ3) is 4.07. The summed E-state index contributed by atoms with van der Waals surface area (Å²) >= 11 is 0. The Hall–Kier alpha value is -1.44. The predicted octanol–water partition coefficient (Wildman–Crippen LogP) is 1.84. The first-order valence-electron chi connectivity index (χ1n) is 4.86. The molecule has 1 rings (SSSR count). The number of carbonyl (C=O) groups excluding carboxylic acids is 1. The van der Waals surface area contributed by atoms with Crippen LogP contribution in [0, 0.1) is 0 Å². The van der Waals surface area contributed by atoms with Crippen molar-refractivity contribution in [3.8, 4) is 0 Å². The summed E-state index contributed by atoms with van der Waals surface area (Å²) in [7, 11) is 0. The van der Waals surface area contributed by atoms with Gasteiger partial charge in [0, 0.05) is 6.42 Å². The van der Waals surface area contributed by atoms with Crippen molar-refractivity contribution >= 4 is 6.08 Å². The molecule has 0 aliphatic rings. The molecular weight excluding hydrogens is 190 g/mol. The maximum absolute atomic E-state index is 10.0. The Balaban J connectivity index is 2.90. The van der Waals surface area contributed by atoms with Crippen molar-refractivity contribution in [1.82, 2.24) is 0 Å². The highest BCUT2D eigenvalue weighted by atomic mass is 16.3. The largest absolute Gasteiger partial charge is 0.390 e. The van der Waals surface area contributed by atoms with E-state index >= 15 is 0 Å². The number of benzene rings is 1. The second-order valence-corrected chi connectivity index (χ2v) is 4.17. The van der Waals surface area contributed by atoms with Gasteiger partial charge in [-0.1, -0.05) is 24.3 Å². The summed E-state index contributed by atoms with van der Waals surface area (Å²) in [5.74, 6) is 0. The van der Waals surface area contributed by atoms with E-state index in [2.05, 4.69) is 4.99 Å². The zero-order valence-corrected chi connectivity index (χ0v) is 9.03. The van der Waals surface area contributed by atoms with Gasteiger partial charge in [-0.2, -0.15) is 0 Å². The van der Waals surface area contributed by atoms with Gasteiger partial charge in [0.2, 0.25) is 6.08 Å². The van der Waals surface area contributed by atoms with E-state index in [1.165, 1.54) is 6.08 Å². The topological polar surface area (TPSA) is 49.7 Å². The lowest BCUT2D eigenvalue weighted by atomic mass is 9.95. The average Bonchev–Trinajstić information content (AvgIpc) is 2.14. The molecule has 1 N–H and O–H groups in total. The maximum atomic E-state index is 10.0. The molecule has 0 bridgehead atoms. The number of aliphatic hydroxyl groups is 1. The van der Waals surface area contributed by atoms with Crippen molar-refractivity contribution in [2.75, 3.05) is 0 Å². The van der Waals surface area contributed by atoms with Crippen LogP contribution in [-0.4, -0.2) is 16.8 Å². The summed E-state index contributed by atoms with van der Waals surface area (Å²) in [5.41, 5.74) is 1.23. The molecule has 80 valence electrons. The van der Waals surface area contributed by atoms with Gasteiger partial charge in [0.25, 0.3) is 0 Å². The van der Waals surface area contributed by atoms with Gasteiger partial charge in [-0.3, -0.25) is 0 Å². The summed E-state index contributed by atoms with van der Waals surface area (Å²) in [6.07, 6.45) is 2.07. The fraction of sp³-hybridized carbons (Fsp3) is 0.417. The van der Waals surface area contributed by atoms with Crippen LogP contribution in [0.25, 0.3) is 0 Å². The van der Waals surface area contributed by atoms with Gasteiger partial charge in [0.15, 0.2) is 0 Å². The molecule has 0 aliphatic carbocycles. The third-order valence-corrected chi connectivity index (χ3v) is 2.06. The van der Waals surface area contributed by atoms with E-state index in [0.717, 1.165) is 11.1 Å². The summed E-state index contributed by atoms with van der Waals surface area (Å²) in [4.78, 5) is 13.6. The van der Waals surface area contributed by atoms with Crippen LogP contribution in [-0.2, 0) is 17.8 Å². The Morgan fingerprint density at radius 1 is 1.33 bits per heavy atom. The number of hydrogen-bond donors (Lipinski definition) is 1. The number of rotatable bonds is 4. The summed E-state index contributed by atoms with van der Waals surface area (Å²) < 4.78 is 0. The quantitative estimate of drug-likeness (QED) is 0.602. The monoisotopic (exact) mass is 205 g/mol. The first kappa shape index (κ1) is 11.6. The summed E-state index contributed by atoms with van der Waals surface area (Å²) in [6.45, 7) is 3.84. The molecule has 1 aromatic carbocycles. The molecule has 0 heterocycles. The molecule has 3 heteroatoms. The van der Waals surface area contributed by atoms with Gasteiger partial charge in [0.1, 0.15) is 0 Å². The smallest absolute Gasteiger partial charge is 0.235 e. The molecule has 1 aromatic rings. The Morgan fingerprint density at radius 2 is 1.93 bits per heavy atom. The second kappa shape index (κ2) is 4.87. The van der Waals surface area contributed by atoms with E-state index in [9.17, 15) is 9.90 Å². The van der Waals surface area contributed by atoms with E-state index in [1.807, 2.05) is 24.3 Å². The summed E-state index contributed by atoms with van der Waals surface area (Å²) in [5, 5.41) is 9.71. The van der Waals surface area contributed by atoms with Gasteiger partial charge in [-0.05, 0) is 25.0 Å². The molecule has 0 amide bonds. The molecule has 0 spiro atoms. The molecule has 0 saturated carbocycles. The lowest BCUT2D eigenvalue weighted by molar-refractivity contribution is 0.0808. The molecule has 0 unspecified atom stereocenters. The molecule has 0 fully saturated rings. The van der Waals surface area contributed by atoms with Gasteiger partial charge < -0.3 is 5.11 Å². The Bertz CT molecular complexity index is 373. The SMILES string of the molecule is CC(C)(O)Cc1ccccc1CN=C=O. The number of isocyanates is 1. The van der Waals surface area contributed by atoms with E-state index < -0.39 is 5.60 Å². The highest BCUT2D eigenvalue weighted by Gasteiger charge is 2.15. The minimum absolute atomic E-state index is 0.329. The van der Waals surface area contributed by atoms with E-state index in [1.54, 1.807) is 13.8 Å². The number of nitrogens with zero attached hydrogens (tertiary/aromatic N) is 1. The normalized spacial score (nSPS) is 10.9. The van der Waals surface area contributed by atoms with Crippen molar-refractivity contribution in [2.24, 2.45) is 4.99 Å². The molecule has 0 radical (unpaired) electrons. The zero-order chi connectivity index (χ0) is 11.3. The minimum Gasteiger partial charge on any atom is -0.390 e. The van der Waals surface area contributed by atoms with Crippen LogP contribution in [0.15, 0.2) is 29.3 Å². The fourth-order valence-corrected chi connectivity index (χ4v) is 1.47. The van der Waals surface area contributed by atoms with Crippen LogP contribution < -0.4 is 0 Å². The van der Waals surface area contributed by atoms with Crippen molar-refractivity contribution in [3.63, 3.8) is 0 Å². The Kier molecular flexibility index (Phi) is 3.78. The van der Waals surface area contributed by atoms with E-state index in [-0.39, 0.29) is 0 Å². The first-order valence-corrected chi connectivity index (χ1v) is 4.86. The lowest BCUT2D eigenvalue weighted by Gasteiger charge is -2.18. The third-order valence-electron chi connectivity index (χ3n) is 2.06. The molecule has 0 atom stereocenters. The summed E-state index contributed by atoms with van der Waals surface area (Å²) in [6, 6.07) is 7.65. The standard InChI is InChI=1S/C12H15NO2/c1-12(2,15)7-10-5-3-4-6-11(10)8-13-9-14/h3-6,15H,7-8H2,1-2H3. The van der Waals surface area contributed by atoms with Crippen molar-refractivity contribution in [1.29, 1.82) is 0 Å². The highest BCUT2D eigenvalue weighted by Crippen LogP contribution is 2.17. The first-order chi connectivity index (χ1) is 7.03. The maximum Gasteiger partial charge on any atom is 0.235 e. The lowest BCUT2D eigenvalue weighted by Crippen LogP contribution is -2.22. The molecule has 0 aliphatic heterocycles. The van der Waals surface area contributed by atoms with Crippen LogP contribution in [0.5, 0.6) is 0 Å². The van der Waals surface area contributed by atoms with E-state index in [0.29, 0.717) is 13.0 Å². The zero-order valence-electron chi connectivity index (χ0n) is 9.03. The number of hydrogen-bond acceptors (Lipinski definition) is 3. The van der Waals surface area contributed by atoms with Crippen LogP contribution in [0.3, 0.4) is 0 Å². The average molecular weight is 205 g/mol. The van der Waals surface area contributed by atoms with Gasteiger partial charge in [-0.25, -0.2) is 9.79 Å². The van der Waals surface area contributed by atoms with Crippen LogP contribution in [0.2, 0.25) is 0 Å². The molecular formula is C12H15NO2. The fourth-order valence-electron chi connectivity index (χ4n) is 1.47. The van der Waals surface area contributed by atoms with Crippen molar-refractivity contribution < 1.29 is 9.90 Å². The number of aliphatic imine (C=N–C) groups is 1. The Morgan fingerprint density at radius 3 is 2.47 bits per heavy atom. The molecule has 0 aromatic heterocycles. The van der Waals surface area contributed by atoms with Crippen molar-refractivity contribution in [2.45, 2.75) is 32.4 Å². The Labute approximate surface area is 89.5 Å². The van der Waals surface area contributed by atoms with Crippen LogP contribution in [0.4, 0.5) is 0 Å². The van der Waals surface area contributed by atoms with Crippen LogP contribution >= 0.6 is 0 Å². The molecule has 3 nitrogen and oxygen atoms in total. The van der Waals surface area contributed by atoms with Gasteiger partial charge >= 0.3 is 0 Å². The molecule has 15 heavy (non-hydrogen) atoms. The van der Waals surface area contributed by atoms with Crippen LogP contribution in [0.1, 0.15) is 25.0 Å². The highest BCUT2D eigenvalue weighted by molar-refractivity contribution is 5.35. The molecule has 0 saturated heterocycles. The van der Waals surface area contributed by atoms with E-state index in [4.69, 9.17) is 0 Å². The minimum atomic E-state index is -0.749. The van der Waals surface area contributed by atoms with Gasteiger partial charge in [-0.15, -0.1) is 0 Å². The van der Waals surface area contributed by atoms with Gasteiger partial charge in [0.05, 0.1) is 12.1 Å². The predicted molar refractivity (Wildman–Crippen MR) is 58.3 cm³/mol. The second-order valence-electron chi connectivity index (χ2n) is 4.17.